The quantitative estimate of drug-likeness (QED) is 0.730. The molecule has 1 aliphatic rings. The normalized spacial score (nSPS) is 17.7. The monoisotopic (exact) mass is 385 g/mol. The Kier molecular flexibility index (Phi) is 6.09. The SMILES string of the molecule is COc1ccc(CCC(=O)NCC2(O)CCc3cc(OC)c(OC)cc32)cc1. The van der Waals surface area contributed by atoms with Crippen LogP contribution in [0.1, 0.15) is 29.5 Å². The number of carbonyl (C=O) groups excluding carboxylic acids is 1. The maximum atomic E-state index is 12.3. The van der Waals surface area contributed by atoms with E-state index in [9.17, 15) is 9.90 Å². The molecule has 1 atom stereocenters. The Bertz CT molecular complexity index is 834. The van der Waals surface area contributed by atoms with Gasteiger partial charge in [-0.05, 0) is 60.2 Å². The largest absolute Gasteiger partial charge is 0.497 e. The maximum absolute atomic E-state index is 12.3. The molecule has 0 aromatic heterocycles. The summed E-state index contributed by atoms with van der Waals surface area (Å²) in [6.45, 7) is 0.178. The molecular formula is C22H27NO5. The first-order valence-electron chi connectivity index (χ1n) is 9.36. The first-order valence-corrected chi connectivity index (χ1v) is 9.36. The summed E-state index contributed by atoms with van der Waals surface area (Å²) in [5.74, 6) is 1.93. The summed E-state index contributed by atoms with van der Waals surface area (Å²) in [6, 6.07) is 11.4. The second kappa shape index (κ2) is 8.52. The van der Waals surface area contributed by atoms with E-state index in [1.165, 1.54) is 0 Å². The van der Waals surface area contributed by atoms with Crippen LogP contribution in [0.15, 0.2) is 36.4 Å². The van der Waals surface area contributed by atoms with Gasteiger partial charge in [-0.2, -0.15) is 0 Å². The molecule has 0 bridgehead atoms. The van der Waals surface area contributed by atoms with Crippen molar-refractivity contribution in [2.75, 3.05) is 27.9 Å². The van der Waals surface area contributed by atoms with Gasteiger partial charge in [-0.3, -0.25) is 4.79 Å². The highest BCUT2D eigenvalue weighted by Crippen LogP contribution is 2.42. The molecule has 2 aromatic rings. The second-order valence-corrected chi connectivity index (χ2v) is 7.02. The van der Waals surface area contributed by atoms with Gasteiger partial charge < -0.3 is 24.6 Å². The first-order chi connectivity index (χ1) is 13.5. The summed E-state index contributed by atoms with van der Waals surface area (Å²) in [4.78, 5) is 12.3. The molecule has 0 spiro atoms. The van der Waals surface area contributed by atoms with E-state index < -0.39 is 5.60 Å². The predicted octanol–water partition coefficient (Wildman–Crippen LogP) is 2.60. The van der Waals surface area contributed by atoms with Crippen molar-refractivity contribution < 1.29 is 24.1 Å². The predicted molar refractivity (Wildman–Crippen MR) is 106 cm³/mol. The number of carbonyl (C=O) groups is 1. The number of nitrogens with one attached hydrogen (secondary N) is 1. The summed E-state index contributed by atoms with van der Waals surface area (Å²) in [6.07, 6.45) is 2.28. The van der Waals surface area contributed by atoms with Crippen molar-refractivity contribution in [1.29, 1.82) is 0 Å². The molecule has 6 heteroatoms. The standard InChI is InChI=1S/C22H27NO5/c1-26-17-7-4-15(5-8-17)6-9-21(24)23-14-22(25)11-10-16-12-19(27-2)20(28-3)13-18(16)22/h4-5,7-8,12-13,25H,6,9-11,14H2,1-3H3,(H,23,24). The minimum Gasteiger partial charge on any atom is -0.497 e. The van der Waals surface area contributed by atoms with Crippen LogP contribution in [0.4, 0.5) is 0 Å². The van der Waals surface area contributed by atoms with E-state index in [2.05, 4.69) is 5.32 Å². The number of aliphatic hydroxyl groups is 1. The van der Waals surface area contributed by atoms with Gasteiger partial charge >= 0.3 is 0 Å². The molecular weight excluding hydrogens is 358 g/mol. The number of methoxy groups -OCH3 is 3. The van der Waals surface area contributed by atoms with Crippen LogP contribution in [0.5, 0.6) is 17.2 Å². The number of hydrogen-bond acceptors (Lipinski definition) is 5. The lowest BCUT2D eigenvalue weighted by atomic mass is 9.95. The molecule has 0 saturated carbocycles. The van der Waals surface area contributed by atoms with Gasteiger partial charge in [0, 0.05) is 6.42 Å². The van der Waals surface area contributed by atoms with Crippen LogP contribution in [0.3, 0.4) is 0 Å². The van der Waals surface area contributed by atoms with E-state index in [0.29, 0.717) is 30.8 Å². The molecule has 6 nitrogen and oxygen atoms in total. The molecule has 0 radical (unpaired) electrons. The van der Waals surface area contributed by atoms with E-state index in [0.717, 1.165) is 28.9 Å². The van der Waals surface area contributed by atoms with Crippen LogP contribution < -0.4 is 19.5 Å². The van der Waals surface area contributed by atoms with Crippen LogP contribution in [0.25, 0.3) is 0 Å². The van der Waals surface area contributed by atoms with E-state index in [1.54, 1.807) is 21.3 Å². The van der Waals surface area contributed by atoms with Gasteiger partial charge in [0.15, 0.2) is 11.5 Å². The minimum atomic E-state index is -1.09. The molecule has 28 heavy (non-hydrogen) atoms. The Morgan fingerprint density at radius 1 is 1.07 bits per heavy atom. The van der Waals surface area contributed by atoms with Gasteiger partial charge in [0.05, 0.1) is 27.9 Å². The summed E-state index contributed by atoms with van der Waals surface area (Å²) in [7, 11) is 4.79. The van der Waals surface area contributed by atoms with Gasteiger partial charge in [-0.25, -0.2) is 0 Å². The van der Waals surface area contributed by atoms with Gasteiger partial charge in [-0.1, -0.05) is 12.1 Å². The van der Waals surface area contributed by atoms with Crippen molar-refractivity contribution >= 4 is 5.91 Å². The third kappa shape index (κ3) is 4.22. The average molecular weight is 385 g/mol. The van der Waals surface area contributed by atoms with E-state index >= 15 is 0 Å². The van der Waals surface area contributed by atoms with Crippen molar-refractivity contribution in [3.63, 3.8) is 0 Å². The summed E-state index contributed by atoms with van der Waals surface area (Å²) in [5, 5.41) is 14.0. The molecule has 3 rings (SSSR count). The van der Waals surface area contributed by atoms with Crippen LogP contribution >= 0.6 is 0 Å². The Morgan fingerprint density at radius 3 is 2.39 bits per heavy atom. The number of benzene rings is 2. The number of amides is 1. The zero-order valence-electron chi connectivity index (χ0n) is 16.6. The highest BCUT2D eigenvalue weighted by molar-refractivity contribution is 5.76. The fraction of sp³-hybridized carbons (Fsp3) is 0.409. The second-order valence-electron chi connectivity index (χ2n) is 7.02. The zero-order chi connectivity index (χ0) is 20.1. The Labute approximate surface area is 165 Å². The summed E-state index contributed by atoms with van der Waals surface area (Å²) in [5.41, 5.74) is 1.79. The van der Waals surface area contributed by atoms with Crippen LogP contribution in [-0.4, -0.2) is 38.9 Å². The number of fused-ring (bicyclic) bond motifs is 1. The molecule has 0 heterocycles. The molecule has 1 amide bonds. The molecule has 1 aliphatic carbocycles. The summed E-state index contributed by atoms with van der Waals surface area (Å²) >= 11 is 0. The van der Waals surface area contributed by atoms with Crippen LogP contribution in [0.2, 0.25) is 0 Å². The maximum Gasteiger partial charge on any atom is 0.220 e. The van der Waals surface area contributed by atoms with Gasteiger partial charge in [0.2, 0.25) is 5.91 Å². The van der Waals surface area contributed by atoms with Crippen molar-refractivity contribution in [3.8, 4) is 17.2 Å². The topological polar surface area (TPSA) is 77.0 Å². The molecule has 0 saturated heterocycles. The third-order valence-corrected chi connectivity index (χ3v) is 5.30. The van der Waals surface area contributed by atoms with Crippen molar-refractivity contribution in [3.05, 3.63) is 53.1 Å². The smallest absolute Gasteiger partial charge is 0.220 e. The molecule has 0 aliphatic heterocycles. The molecule has 0 fully saturated rings. The lowest BCUT2D eigenvalue weighted by Gasteiger charge is -2.25. The van der Waals surface area contributed by atoms with Gasteiger partial charge in [0.25, 0.3) is 0 Å². The lowest BCUT2D eigenvalue weighted by Crippen LogP contribution is -2.39. The average Bonchev–Trinajstić information content (AvgIpc) is 3.06. The van der Waals surface area contributed by atoms with E-state index in [-0.39, 0.29) is 12.5 Å². The minimum absolute atomic E-state index is 0.0850. The number of aryl methyl sites for hydroxylation is 2. The molecule has 2 N–H and O–H groups in total. The van der Waals surface area contributed by atoms with Gasteiger partial charge in [0.1, 0.15) is 11.4 Å². The fourth-order valence-electron chi connectivity index (χ4n) is 3.60. The van der Waals surface area contributed by atoms with E-state index in [1.807, 2.05) is 36.4 Å². The number of hydrogen-bond donors (Lipinski definition) is 2. The highest BCUT2D eigenvalue weighted by Gasteiger charge is 2.38. The van der Waals surface area contributed by atoms with Crippen molar-refractivity contribution in [1.82, 2.24) is 5.32 Å². The zero-order valence-corrected chi connectivity index (χ0v) is 16.6. The number of ether oxygens (including phenoxy) is 3. The Morgan fingerprint density at radius 2 is 1.75 bits per heavy atom. The summed E-state index contributed by atoms with van der Waals surface area (Å²) < 4.78 is 15.8. The van der Waals surface area contributed by atoms with Crippen LogP contribution in [-0.2, 0) is 23.2 Å². The number of rotatable bonds is 8. The van der Waals surface area contributed by atoms with E-state index in [4.69, 9.17) is 14.2 Å². The lowest BCUT2D eigenvalue weighted by molar-refractivity contribution is -0.122. The van der Waals surface area contributed by atoms with Gasteiger partial charge in [-0.15, -0.1) is 0 Å². The van der Waals surface area contributed by atoms with Crippen molar-refractivity contribution in [2.45, 2.75) is 31.3 Å². The molecule has 1 unspecified atom stereocenters. The molecule has 2 aromatic carbocycles. The van der Waals surface area contributed by atoms with Crippen LogP contribution in [0, 0.1) is 0 Å². The first kappa shape index (κ1) is 20.0. The van der Waals surface area contributed by atoms with Crippen molar-refractivity contribution in [2.24, 2.45) is 0 Å². The Balaban J connectivity index is 1.59. The highest BCUT2D eigenvalue weighted by atomic mass is 16.5. The molecule has 150 valence electrons. The third-order valence-electron chi connectivity index (χ3n) is 5.30. The fourth-order valence-corrected chi connectivity index (χ4v) is 3.60. The Hall–Kier alpha value is -2.73.